The molecule has 1 rings (SSSR count). The molecule has 0 aromatic carbocycles. The smallest absolute Gasteiger partial charge is 0.374 e. The van der Waals surface area contributed by atoms with Crippen molar-refractivity contribution in [1.29, 1.82) is 0 Å². The number of allylic oxidation sites excluding steroid dienone is 2. The summed E-state index contributed by atoms with van der Waals surface area (Å²) in [6, 6.07) is 0. The SMILES string of the molecule is CCOC(=O)C(=O)CC(C)(C)C1=CC=CC(OC)(C(C)C)C1. The molecule has 22 heavy (non-hydrogen) atoms. The molecule has 124 valence electrons. The molecule has 0 radical (unpaired) electrons. The molecule has 4 nitrogen and oxygen atoms in total. The highest BCUT2D eigenvalue weighted by Gasteiger charge is 2.39. The van der Waals surface area contributed by atoms with Crippen molar-refractivity contribution >= 4 is 11.8 Å². The fourth-order valence-corrected chi connectivity index (χ4v) is 2.78. The summed E-state index contributed by atoms with van der Waals surface area (Å²) in [7, 11) is 1.71. The Bertz CT molecular complexity index is 485. The van der Waals surface area contributed by atoms with Crippen molar-refractivity contribution in [1.82, 2.24) is 0 Å². The highest BCUT2D eigenvalue weighted by molar-refractivity contribution is 6.33. The molecule has 0 bridgehead atoms. The zero-order valence-corrected chi connectivity index (χ0v) is 14.6. The van der Waals surface area contributed by atoms with Gasteiger partial charge in [-0.1, -0.05) is 51.5 Å². The van der Waals surface area contributed by atoms with Crippen molar-refractivity contribution in [2.45, 2.75) is 53.1 Å². The van der Waals surface area contributed by atoms with Gasteiger partial charge in [0.15, 0.2) is 0 Å². The van der Waals surface area contributed by atoms with Crippen LogP contribution in [0.1, 0.15) is 47.5 Å². The summed E-state index contributed by atoms with van der Waals surface area (Å²) >= 11 is 0. The fourth-order valence-electron chi connectivity index (χ4n) is 2.78. The molecule has 1 aliphatic rings. The van der Waals surface area contributed by atoms with Crippen LogP contribution in [0.5, 0.6) is 0 Å². The van der Waals surface area contributed by atoms with E-state index >= 15 is 0 Å². The molecule has 0 aromatic rings. The molecule has 0 spiro atoms. The fraction of sp³-hybridized carbons (Fsp3) is 0.667. The summed E-state index contributed by atoms with van der Waals surface area (Å²) in [4.78, 5) is 23.6. The van der Waals surface area contributed by atoms with Crippen LogP contribution in [0.15, 0.2) is 23.8 Å². The third-order valence-corrected chi connectivity index (χ3v) is 4.47. The van der Waals surface area contributed by atoms with Crippen LogP contribution in [0.2, 0.25) is 0 Å². The van der Waals surface area contributed by atoms with Crippen LogP contribution in [0, 0.1) is 11.3 Å². The van der Waals surface area contributed by atoms with E-state index in [1.54, 1.807) is 14.0 Å². The largest absolute Gasteiger partial charge is 0.460 e. The third kappa shape index (κ3) is 4.07. The average Bonchev–Trinajstić information content (AvgIpc) is 2.46. The van der Waals surface area contributed by atoms with Crippen molar-refractivity contribution in [3.05, 3.63) is 23.8 Å². The number of rotatable bonds is 7. The Labute approximate surface area is 133 Å². The van der Waals surface area contributed by atoms with Crippen LogP contribution in [-0.2, 0) is 19.1 Å². The number of ether oxygens (including phenoxy) is 2. The molecule has 0 saturated carbocycles. The summed E-state index contributed by atoms with van der Waals surface area (Å²) < 4.78 is 10.5. The standard InChI is InChI=1S/C18H28O4/c1-7-22-16(20)15(19)12-17(4,5)14-9-8-10-18(11-14,21-6)13(2)3/h8-10,13H,7,11-12H2,1-6H3. The van der Waals surface area contributed by atoms with E-state index in [-0.39, 0.29) is 18.6 Å². The number of carbonyl (C=O) groups excluding carboxylic acids is 2. The Balaban J connectivity index is 2.90. The van der Waals surface area contributed by atoms with E-state index in [0.29, 0.717) is 5.92 Å². The molecule has 0 saturated heterocycles. The van der Waals surface area contributed by atoms with Gasteiger partial charge in [-0.25, -0.2) is 4.79 Å². The second kappa shape index (κ2) is 7.23. The van der Waals surface area contributed by atoms with Gasteiger partial charge in [-0.15, -0.1) is 0 Å². The van der Waals surface area contributed by atoms with E-state index in [2.05, 4.69) is 19.9 Å². The zero-order valence-electron chi connectivity index (χ0n) is 14.6. The minimum atomic E-state index is -0.746. The van der Waals surface area contributed by atoms with Gasteiger partial charge in [0, 0.05) is 20.0 Å². The van der Waals surface area contributed by atoms with Gasteiger partial charge in [-0.3, -0.25) is 4.79 Å². The van der Waals surface area contributed by atoms with Gasteiger partial charge in [0.2, 0.25) is 5.78 Å². The minimum Gasteiger partial charge on any atom is -0.460 e. The molecule has 4 heteroatoms. The monoisotopic (exact) mass is 308 g/mol. The predicted octanol–water partition coefficient (Wildman–Crippen LogP) is 3.46. The second-order valence-corrected chi connectivity index (χ2v) is 6.75. The first kappa shape index (κ1) is 18.6. The number of esters is 1. The van der Waals surface area contributed by atoms with Crippen molar-refractivity contribution < 1.29 is 19.1 Å². The van der Waals surface area contributed by atoms with Crippen molar-refractivity contribution in [3.63, 3.8) is 0 Å². The Kier molecular flexibility index (Phi) is 6.12. The molecule has 1 atom stereocenters. The number of methoxy groups -OCH3 is 1. The molecule has 1 aliphatic carbocycles. The van der Waals surface area contributed by atoms with Crippen LogP contribution in [0.4, 0.5) is 0 Å². The summed E-state index contributed by atoms with van der Waals surface area (Å²) in [5.74, 6) is -0.909. The van der Waals surface area contributed by atoms with Crippen LogP contribution in [0.25, 0.3) is 0 Å². The summed E-state index contributed by atoms with van der Waals surface area (Å²) in [5.41, 5.74) is 0.352. The molecule has 0 aromatic heterocycles. The number of carbonyl (C=O) groups is 2. The summed E-state index contributed by atoms with van der Waals surface area (Å²) in [6.07, 6.45) is 6.95. The quantitative estimate of drug-likeness (QED) is 0.534. The van der Waals surface area contributed by atoms with E-state index in [4.69, 9.17) is 9.47 Å². The number of hydrogen-bond acceptors (Lipinski definition) is 4. The highest BCUT2D eigenvalue weighted by Crippen LogP contribution is 2.42. The molecular weight excluding hydrogens is 280 g/mol. The van der Waals surface area contributed by atoms with Gasteiger partial charge in [0.05, 0.1) is 12.2 Å². The number of hydrogen-bond donors (Lipinski definition) is 0. The highest BCUT2D eigenvalue weighted by atomic mass is 16.5. The first-order valence-electron chi connectivity index (χ1n) is 7.82. The average molecular weight is 308 g/mol. The van der Waals surface area contributed by atoms with E-state index in [0.717, 1.165) is 12.0 Å². The maximum Gasteiger partial charge on any atom is 0.374 e. The number of Topliss-reactive ketones (excluding diaryl/α,β-unsaturated/α-hetero) is 1. The van der Waals surface area contributed by atoms with Gasteiger partial charge < -0.3 is 9.47 Å². The molecule has 0 heterocycles. The Morgan fingerprint density at radius 3 is 2.50 bits per heavy atom. The molecule has 1 unspecified atom stereocenters. The molecule has 0 amide bonds. The lowest BCUT2D eigenvalue weighted by Gasteiger charge is -2.40. The Hall–Kier alpha value is -1.42. The van der Waals surface area contributed by atoms with Crippen LogP contribution in [-0.4, -0.2) is 31.1 Å². The summed E-state index contributed by atoms with van der Waals surface area (Å²) in [6.45, 7) is 10.1. The van der Waals surface area contributed by atoms with Gasteiger partial charge >= 0.3 is 5.97 Å². The van der Waals surface area contributed by atoms with E-state index in [1.165, 1.54) is 0 Å². The van der Waals surface area contributed by atoms with Gasteiger partial charge in [-0.05, 0) is 18.3 Å². The van der Waals surface area contributed by atoms with E-state index < -0.39 is 17.2 Å². The zero-order chi connectivity index (χ0) is 17.0. The van der Waals surface area contributed by atoms with Crippen molar-refractivity contribution in [2.75, 3.05) is 13.7 Å². The van der Waals surface area contributed by atoms with Gasteiger partial charge in [0.25, 0.3) is 0 Å². The molecule has 0 fully saturated rings. The van der Waals surface area contributed by atoms with Gasteiger partial charge in [0.1, 0.15) is 0 Å². The topological polar surface area (TPSA) is 52.6 Å². The summed E-state index contributed by atoms with van der Waals surface area (Å²) in [5, 5.41) is 0. The molecular formula is C18H28O4. The van der Waals surface area contributed by atoms with E-state index in [1.807, 2.05) is 26.0 Å². The first-order chi connectivity index (χ1) is 10.2. The second-order valence-electron chi connectivity index (χ2n) is 6.75. The van der Waals surface area contributed by atoms with Crippen LogP contribution < -0.4 is 0 Å². The lowest BCUT2D eigenvalue weighted by atomic mass is 9.70. The Morgan fingerprint density at radius 2 is 2.00 bits per heavy atom. The third-order valence-electron chi connectivity index (χ3n) is 4.47. The molecule has 0 aliphatic heterocycles. The minimum absolute atomic E-state index is 0.142. The lowest BCUT2D eigenvalue weighted by molar-refractivity contribution is -0.154. The number of ketones is 1. The predicted molar refractivity (Wildman–Crippen MR) is 86.5 cm³/mol. The van der Waals surface area contributed by atoms with Crippen LogP contribution >= 0.6 is 0 Å². The van der Waals surface area contributed by atoms with Crippen LogP contribution in [0.3, 0.4) is 0 Å². The maximum absolute atomic E-state index is 12.0. The Morgan fingerprint density at radius 1 is 1.36 bits per heavy atom. The first-order valence-corrected chi connectivity index (χ1v) is 7.82. The normalized spacial score (nSPS) is 21.7. The maximum atomic E-state index is 12.0. The van der Waals surface area contributed by atoms with Crippen molar-refractivity contribution in [2.24, 2.45) is 11.3 Å². The lowest BCUT2D eigenvalue weighted by Crippen LogP contribution is -2.39. The van der Waals surface area contributed by atoms with E-state index in [9.17, 15) is 9.59 Å². The van der Waals surface area contributed by atoms with Gasteiger partial charge in [-0.2, -0.15) is 0 Å². The van der Waals surface area contributed by atoms with Crippen molar-refractivity contribution in [3.8, 4) is 0 Å². The molecule has 0 N–H and O–H groups in total.